The molecule has 0 aliphatic carbocycles. The molecule has 0 bridgehead atoms. The van der Waals surface area contributed by atoms with Crippen LogP contribution in [0.25, 0.3) is 10.2 Å². The lowest BCUT2D eigenvalue weighted by molar-refractivity contribution is 0.359. The minimum absolute atomic E-state index is 0.00695. The molecule has 0 saturated carbocycles. The van der Waals surface area contributed by atoms with E-state index < -0.39 is 0 Å². The van der Waals surface area contributed by atoms with Crippen LogP contribution in [0.15, 0.2) is 42.5 Å². The van der Waals surface area contributed by atoms with E-state index in [-0.39, 0.29) is 5.75 Å². The third-order valence-corrected chi connectivity index (χ3v) is 5.65. The van der Waals surface area contributed by atoms with Crippen LogP contribution in [0, 0.1) is 0 Å². The van der Waals surface area contributed by atoms with E-state index in [0.29, 0.717) is 11.6 Å². The van der Waals surface area contributed by atoms with Crippen LogP contribution in [0.5, 0.6) is 5.75 Å². The van der Waals surface area contributed by atoms with Crippen LogP contribution in [0.3, 0.4) is 0 Å². The van der Waals surface area contributed by atoms with E-state index >= 15 is 0 Å². The Hall–Kier alpha value is -1.98. The highest BCUT2D eigenvalue weighted by molar-refractivity contribution is 7.22. The van der Waals surface area contributed by atoms with Gasteiger partial charge in [0.15, 0.2) is 5.13 Å². The Morgan fingerprint density at radius 2 is 1.96 bits per heavy atom. The number of nitrogens with zero attached hydrogens (tertiary/aromatic N) is 2. The van der Waals surface area contributed by atoms with Gasteiger partial charge in [-0.15, -0.1) is 0 Å². The molecule has 24 heavy (non-hydrogen) atoms. The molecule has 4 rings (SSSR count). The van der Waals surface area contributed by atoms with Crippen molar-refractivity contribution in [1.29, 1.82) is 0 Å². The molecule has 1 N–H and O–H groups in total. The van der Waals surface area contributed by atoms with Gasteiger partial charge in [-0.1, -0.05) is 35.1 Å². The van der Waals surface area contributed by atoms with Crippen molar-refractivity contribution in [2.75, 3.05) is 23.3 Å². The molecule has 1 aromatic heterocycles. The average Bonchev–Trinajstić information content (AvgIpc) is 3.01. The van der Waals surface area contributed by atoms with Crippen LogP contribution in [-0.2, 0) is 5.11 Å². The molecule has 6 heteroatoms. The van der Waals surface area contributed by atoms with Crippen molar-refractivity contribution in [2.24, 2.45) is 0 Å². The Morgan fingerprint density at radius 3 is 2.71 bits per heavy atom. The Bertz CT molecular complexity index is 858. The monoisotopic (exact) mass is 358 g/mol. The lowest BCUT2D eigenvalue weighted by Crippen LogP contribution is -2.39. The number of anilines is 2. The molecule has 1 aliphatic heterocycles. The maximum Gasteiger partial charge on any atom is 0.205 e. The number of benzene rings is 2. The molecule has 4 nitrogen and oxygen atoms in total. The second-order valence-corrected chi connectivity index (χ2v) is 7.46. The number of para-hydroxylation sites is 1. The molecule has 2 aromatic carbocycles. The van der Waals surface area contributed by atoms with Crippen molar-refractivity contribution in [2.45, 2.75) is 18.9 Å². The van der Waals surface area contributed by atoms with E-state index in [9.17, 15) is 5.11 Å². The summed E-state index contributed by atoms with van der Waals surface area (Å²) in [6.07, 6.45) is 2.07. The first-order valence-corrected chi connectivity index (χ1v) is 9.22. The lowest BCUT2D eigenvalue weighted by Gasteiger charge is -2.32. The second kappa shape index (κ2) is 6.49. The quantitative estimate of drug-likeness (QED) is 0.702. The number of halogens is 1. The minimum atomic E-state index is 0.00695. The molecule has 0 atom stereocenters. The number of fused-ring (bicyclic) bond motifs is 1. The minimum Gasteiger partial charge on any atom is -0.382 e. The number of rotatable bonds is 3. The SMILES string of the molecule is [O]c1cccc2sc(N3CCC(Nc4cccc(Cl)c4)CC3)nc12. The average molecular weight is 359 g/mol. The summed E-state index contributed by atoms with van der Waals surface area (Å²) in [5.74, 6) is 0.00695. The van der Waals surface area contributed by atoms with Gasteiger partial charge in [0.05, 0.1) is 4.70 Å². The fraction of sp³-hybridized carbons (Fsp3) is 0.278. The number of piperidine rings is 1. The first kappa shape index (κ1) is 15.5. The second-order valence-electron chi connectivity index (χ2n) is 6.02. The van der Waals surface area contributed by atoms with Crippen molar-refractivity contribution in [3.8, 4) is 5.75 Å². The van der Waals surface area contributed by atoms with Crippen molar-refractivity contribution in [1.82, 2.24) is 4.98 Å². The summed E-state index contributed by atoms with van der Waals surface area (Å²) in [7, 11) is 0. The summed E-state index contributed by atoms with van der Waals surface area (Å²) in [6.45, 7) is 1.87. The molecule has 1 aliphatic rings. The highest BCUT2D eigenvalue weighted by Gasteiger charge is 2.22. The van der Waals surface area contributed by atoms with E-state index in [2.05, 4.69) is 15.2 Å². The van der Waals surface area contributed by atoms with Crippen molar-refractivity contribution in [3.05, 3.63) is 47.5 Å². The molecule has 0 amide bonds. The van der Waals surface area contributed by atoms with E-state index in [1.54, 1.807) is 23.5 Å². The largest absolute Gasteiger partial charge is 0.382 e. The number of nitrogens with one attached hydrogen (secondary N) is 1. The van der Waals surface area contributed by atoms with Crippen LogP contribution in [-0.4, -0.2) is 24.1 Å². The van der Waals surface area contributed by atoms with Crippen molar-refractivity contribution < 1.29 is 5.11 Å². The molecule has 0 spiro atoms. The van der Waals surface area contributed by atoms with Gasteiger partial charge in [-0.3, -0.25) is 5.11 Å². The maximum atomic E-state index is 11.9. The first-order chi connectivity index (χ1) is 11.7. The Balaban J connectivity index is 1.42. The van der Waals surface area contributed by atoms with Gasteiger partial charge in [-0.2, -0.15) is 0 Å². The molecular formula is C18H17ClN3OS. The number of aromatic nitrogens is 1. The third kappa shape index (κ3) is 3.14. The Kier molecular flexibility index (Phi) is 4.21. The summed E-state index contributed by atoms with van der Waals surface area (Å²) >= 11 is 7.64. The normalized spacial score (nSPS) is 15.8. The van der Waals surface area contributed by atoms with E-state index in [1.807, 2.05) is 30.3 Å². The van der Waals surface area contributed by atoms with E-state index in [4.69, 9.17) is 11.6 Å². The standard InChI is InChI=1S/C18H17ClN3OS/c19-12-3-1-4-14(11-12)20-13-7-9-22(10-8-13)18-21-17-15(23)5-2-6-16(17)24-18/h1-6,11,13,20H,7-10H2. The van der Waals surface area contributed by atoms with Crippen LogP contribution < -0.4 is 10.2 Å². The summed E-state index contributed by atoms with van der Waals surface area (Å²) in [5.41, 5.74) is 1.66. The number of hydrogen-bond acceptors (Lipinski definition) is 4. The lowest BCUT2D eigenvalue weighted by atomic mass is 10.1. The molecule has 1 fully saturated rings. The highest BCUT2D eigenvalue weighted by atomic mass is 35.5. The molecule has 1 saturated heterocycles. The fourth-order valence-corrected chi connectivity index (χ4v) is 4.30. The van der Waals surface area contributed by atoms with Crippen molar-refractivity contribution >= 4 is 44.0 Å². The van der Waals surface area contributed by atoms with E-state index in [0.717, 1.165) is 46.5 Å². The van der Waals surface area contributed by atoms with Gasteiger partial charge in [0, 0.05) is 29.8 Å². The van der Waals surface area contributed by atoms with E-state index in [1.165, 1.54) is 0 Å². The topological polar surface area (TPSA) is 48.1 Å². The molecule has 0 unspecified atom stereocenters. The van der Waals surface area contributed by atoms with Crippen molar-refractivity contribution in [3.63, 3.8) is 0 Å². The Labute approximate surface area is 149 Å². The van der Waals surface area contributed by atoms with Gasteiger partial charge in [-0.25, -0.2) is 4.98 Å². The Morgan fingerprint density at radius 1 is 1.17 bits per heavy atom. The zero-order chi connectivity index (χ0) is 16.5. The van der Waals surface area contributed by atoms with Crippen LogP contribution in [0.1, 0.15) is 12.8 Å². The maximum absolute atomic E-state index is 11.9. The van der Waals surface area contributed by atoms with Gasteiger partial charge >= 0.3 is 0 Å². The van der Waals surface area contributed by atoms with Gasteiger partial charge in [0.25, 0.3) is 0 Å². The zero-order valence-electron chi connectivity index (χ0n) is 13.0. The summed E-state index contributed by atoms with van der Waals surface area (Å²) in [5, 5.41) is 17.1. The molecular weight excluding hydrogens is 342 g/mol. The van der Waals surface area contributed by atoms with Crippen LogP contribution in [0.4, 0.5) is 10.8 Å². The van der Waals surface area contributed by atoms with Gasteiger partial charge < -0.3 is 10.2 Å². The zero-order valence-corrected chi connectivity index (χ0v) is 14.6. The predicted octanol–water partition coefficient (Wildman–Crippen LogP) is 5.17. The molecule has 1 radical (unpaired) electrons. The van der Waals surface area contributed by atoms with Gasteiger partial charge in [0.1, 0.15) is 5.52 Å². The number of thiazole rings is 1. The summed E-state index contributed by atoms with van der Waals surface area (Å²) in [6, 6.07) is 13.6. The van der Waals surface area contributed by atoms with Crippen LogP contribution in [0.2, 0.25) is 5.02 Å². The predicted molar refractivity (Wildman–Crippen MR) is 100 cm³/mol. The third-order valence-electron chi connectivity index (χ3n) is 4.33. The summed E-state index contributed by atoms with van der Waals surface area (Å²) < 4.78 is 0.969. The summed E-state index contributed by atoms with van der Waals surface area (Å²) in [4.78, 5) is 6.83. The smallest absolute Gasteiger partial charge is 0.205 e. The molecule has 2 heterocycles. The first-order valence-electron chi connectivity index (χ1n) is 8.03. The van der Waals surface area contributed by atoms with Gasteiger partial charge in [0.2, 0.25) is 5.75 Å². The molecule has 3 aromatic rings. The highest BCUT2D eigenvalue weighted by Crippen LogP contribution is 2.35. The fourth-order valence-electron chi connectivity index (χ4n) is 3.08. The van der Waals surface area contributed by atoms with Gasteiger partial charge in [-0.05, 0) is 43.2 Å². The number of hydrogen-bond donors (Lipinski definition) is 1. The van der Waals surface area contributed by atoms with Crippen LogP contribution >= 0.6 is 22.9 Å². The molecule has 123 valence electrons.